The zero-order valence-electron chi connectivity index (χ0n) is 17.3. The number of piperidine rings is 1. The molecule has 1 aromatic carbocycles. The first kappa shape index (κ1) is 20.6. The SMILES string of the molecule is COCC(=O)N1CCC(c2nc3c(c(=O)[nH]2)CN(Cc2ccc(O)cc2)CC3)CC1. The molecule has 8 nitrogen and oxygen atoms in total. The molecule has 1 saturated heterocycles. The minimum Gasteiger partial charge on any atom is -0.508 e. The predicted octanol–water partition coefficient (Wildman–Crippen LogP) is 1.39. The molecule has 2 aromatic rings. The molecule has 160 valence electrons. The fourth-order valence-electron chi connectivity index (χ4n) is 4.31. The molecule has 1 amide bonds. The van der Waals surface area contributed by atoms with Crippen molar-refractivity contribution in [1.82, 2.24) is 19.8 Å². The van der Waals surface area contributed by atoms with Crippen LogP contribution >= 0.6 is 0 Å². The number of hydrogen-bond acceptors (Lipinski definition) is 6. The number of H-pyrrole nitrogens is 1. The van der Waals surface area contributed by atoms with E-state index in [0.717, 1.165) is 55.0 Å². The van der Waals surface area contributed by atoms with Crippen molar-refractivity contribution >= 4 is 5.91 Å². The van der Waals surface area contributed by atoms with Crippen LogP contribution in [0.15, 0.2) is 29.1 Å². The molecule has 3 heterocycles. The monoisotopic (exact) mass is 412 g/mol. The Morgan fingerprint density at radius 2 is 1.97 bits per heavy atom. The van der Waals surface area contributed by atoms with Crippen LogP contribution in [-0.4, -0.2) is 64.1 Å². The number of methoxy groups -OCH3 is 1. The van der Waals surface area contributed by atoms with Crippen molar-refractivity contribution in [2.45, 2.75) is 38.3 Å². The summed E-state index contributed by atoms with van der Waals surface area (Å²) in [6, 6.07) is 7.17. The van der Waals surface area contributed by atoms with E-state index < -0.39 is 0 Å². The second kappa shape index (κ2) is 8.97. The van der Waals surface area contributed by atoms with Crippen molar-refractivity contribution in [3.8, 4) is 5.75 Å². The van der Waals surface area contributed by atoms with Crippen LogP contribution in [0.25, 0.3) is 0 Å². The van der Waals surface area contributed by atoms with Gasteiger partial charge >= 0.3 is 0 Å². The Morgan fingerprint density at radius 3 is 2.67 bits per heavy atom. The number of phenolic OH excluding ortho intramolecular Hbond substituents is 1. The molecule has 30 heavy (non-hydrogen) atoms. The van der Waals surface area contributed by atoms with Crippen LogP contribution in [0.3, 0.4) is 0 Å². The van der Waals surface area contributed by atoms with E-state index >= 15 is 0 Å². The number of benzene rings is 1. The molecule has 0 spiro atoms. The van der Waals surface area contributed by atoms with E-state index in [1.807, 2.05) is 17.0 Å². The number of aromatic amines is 1. The van der Waals surface area contributed by atoms with Crippen molar-refractivity contribution in [3.05, 3.63) is 57.3 Å². The average Bonchev–Trinajstić information content (AvgIpc) is 2.76. The molecule has 0 atom stereocenters. The number of likely N-dealkylation sites (tertiary alicyclic amines) is 1. The van der Waals surface area contributed by atoms with E-state index in [9.17, 15) is 14.7 Å². The number of aromatic hydroxyl groups is 1. The number of aromatic nitrogens is 2. The highest BCUT2D eigenvalue weighted by molar-refractivity contribution is 5.77. The molecule has 2 aliphatic heterocycles. The van der Waals surface area contributed by atoms with Crippen molar-refractivity contribution < 1.29 is 14.6 Å². The minimum absolute atomic E-state index is 0.0107. The standard InChI is InChI=1S/C22H28N4O4/c1-30-14-20(28)26-10-6-16(7-11-26)21-23-19-8-9-25(13-18(19)22(29)24-21)12-15-2-4-17(27)5-3-15/h2-5,16,27H,6-14H2,1H3,(H,23,24,29). The Hall–Kier alpha value is -2.71. The molecule has 0 aliphatic carbocycles. The van der Waals surface area contributed by atoms with E-state index in [4.69, 9.17) is 9.72 Å². The summed E-state index contributed by atoms with van der Waals surface area (Å²) in [5.41, 5.74) is 2.69. The van der Waals surface area contributed by atoms with Gasteiger partial charge in [0.25, 0.3) is 5.56 Å². The van der Waals surface area contributed by atoms with E-state index in [1.54, 1.807) is 12.1 Å². The summed E-state index contributed by atoms with van der Waals surface area (Å²) in [6.07, 6.45) is 2.34. The topological polar surface area (TPSA) is 98.8 Å². The van der Waals surface area contributed by atoms with Gasteiger partial charge in [-0.1, -0.05) is 12.1 Å². The van der Waals surface area contributed by atoms with Crippen LogP contribution in [0.4, 0.5) is 0 Å². The first-order valence-electron chi connectivity index (χ1n) is 10.4. The third-order valence-corrected chi connectivity index (χ3v) is 6.01. The van der Waals surface area contributed by atoms with Gasteiger partial charge in [-0.3, -0.25) is 14.5 Å². The molecule has 0 unspecified atom stereocenters. The van der Waals surface area contributed by atoms with Gasteiger partial charge in [0.2, 0.25) is 5.91 Å². The maximum atomic E-state index is 12.8. The summed E-state index contributed by atoms with van der Waals surface area (Å²) in [7, 11) is 1.53. The molecule has 0 saturated carbocycles. The van der Waals surface area contributed by atoms with Gasteiger partial charge in [-0.05, 0) is 30.5 Å². The highest BCUT2D eigenvalue weighted by Gasteiger charge is 2.27. The normalized spacial score (nSPS) is 17.7. The molecular weight excluding hydrogens is 384 g/mol. The second-order valence-electron chi connectivity index (χ2n) is 8.09. The molecular formula is C22H28N4O4. The largest absolute Gasteiger partial charge is 0.508 e. The number of rotatable bonds is 5. The Morgan fingerprint density at radius 1 is 1.23 bits per heavy atom. The van der Waals surface area contributed by atoms with Gasteiger partial charge in [-0.25, -0.2) is 4.98 Å². The zero-order chi connectivity index (χ0) is 21.1. The molecule has 8 heteroatoms. The Kier molecular flexibility index (Phi) is 6.15. The number of hydrogen-bond donors (Lipinski definition) is 2. The fourth-order valence-corrected chi connectivity index (χ4v) is 4.31. The molecule has 0 radical (unpaired) electrons. The third kappa shape index (κ3) is 4.55. The van der Waals surface area contributed by atoms with E-state index in [2.05, 4.69) is 9.88 Å². The summed E-state index contributed by atoms with van der Waals surface area (Å²) in [4.78, 5) is 36.6. The first-order valence-corrected chi connectivity index (χ1v) is 10.4. The number of carbonyl (C=O) groups is 1. The van der Waals surface area contributed by atoms with Gasteiger partial charge in [-0.15, -0.1) is 0 Å². The first-order chi connectivity index (χ1) is 14.5. The summed E-state index contributed by atoms with van der Waals surface area (Å²) >= 11 is 0. The molecule has 1 fully saturated rings. The second-order valence-corrected chi connectivity index (χ2v) is 8.09. The molecule has 4 rings (SSSR count). The average molecular weight is 412 g/mol. The zero-order valence-corrected chi connectivity index (χ0v) is 17.3. The number of fused-ring (bicyclic) bond motifs is 1. The summed E-state index contributed by atoms with van der Waals surface area (Å²) in [6.45, 7) is 3.58. The van der Waals surface area contributed by atoms with Gasteiger partial charge in [0.1, 0.15) is 18.2 Å². The number of amides is 1. The lowest BCUT2D eigenvalue weighted by atomic mass is 9.95. The van der Waals surface area contributed by atoms with Crippen LogP contribution in [0, 0.1) is 0 Å². The van der Waals surface area contributed by atoms with Gasteiger partial charge in [0.15, 0.2) is 0 Å². The lowest BCUT2D eigenvalue weighted by Gasteiger charge is -2.32. The number of phenols is 1. The molecule has 1 aromatic heterocycles. The van der Waals surface area contributed by atoms with Crippen molar-refractivity contribution in [2.75, 3.05) is 33.4 Å². The van der Waals surface area contributed by atoms with Crippen LogP contribution in [0.2, 0.25) is 0 Å². The lowest BCUT2D eigenvalue weighted by Crippen LogP contribution is -2.41. The van der Waals surface area contributed by atoms with Crippen molar-refractivity contribution in [2.24, 2.45) is 0 Å². The van der Waals surface area contributed by atoms with E-state index in [1.165, 1.54) is 7.11 Å². The van der Waals surface area contributed by atoms with Crippen molar-refractivity contribution in [3.63, 3.8) is 0 Å². The number of nitrogens with zero attached hydrogens (tertiary/aromatic N) is 3. The summed E-state index contributed by atoms with van der Waals surface area (Å²) in [5, 5.41) is 9.44. The fraction of sp³-hybridized carbons (Fsp3) is 0.500. The van der Waals surface area contributed by atoms with Crippen LogP contribution in [0.5, 0.6) is 5.75 Å². The molecule has 0 bridgehead atoms. The maximum absolute atomic E-state index is 12.8. The van der Waals surface area contributed by atoms with E-state index in [-0.39, 0.29) is 29.7 Å². The van der Waals surface area contributed by atoms with Crippen LogP contribution < -0.4 is 5.56 Å². The Balaban J connectivity index is 1.41. The lowest BCUT2D eigenvalue weighted by molar-refractivity contribution is -0.136. The van der Waals surface area contributed by atoms with Crippen molar-refractivity contribution in [1.29, 1.82) is 0 Å². The Labute approximate surface area is 175 Å². The number of ether oxygens (including phenoxy) is 1. The van der Waals surface area contributed by atoms with Gasteiger partial charge in [0.05, 0.1) is 11.3 Å². The van der Waals surface area contributed by atoms with Crippen LogP contribution in [-0.2, 0) is 29.0 Å². The summed E-state index contributed by atoms with van der Waals surface area (Å²) < 4.78 is 4.93. The third-order valence-electron chi connectivity index (χ3n) is 6.01. The molecule has 2 aliphatic rings. The highest BCUT2D eigenvalue weighted by atomic mass is 16.5. The Bertz CT molecular complexity index is 949. The predicted molar refractivity (Wildman–Crippen MR) is 111 cm³/mol. The van der Waals surface area contributed by atoms with Gasteiger partial charge < -0.3 is 19.7 Å². The highest BCUT2D eigenvalue weighted by Crippen LogP contribution is 2.26. The maximum Gasteiger partial charge on any atom is 0.255 e. The minimum atomic E-state index is -0.0525. The summed E-state index contributed by atoms with van der Waals surface area (Å²) in [5.74, 6) is 1.19. The molecule has 2 N–H and O–H groups in total. The quantitative estimate of drug-likeness (QED) is 0.770. The van der Waals surface area contributed by atoms with Gasteiger partial charge in [0, 0.05) is 52.2 Å². The van der Waals surface area contributed by atoms with E-state index in [0.29, 0.717) is 19.6 Å². The number of nitrogens with one attached hydrogen (secondary N) is 1. The smallest absolute Gasteiger partial charge is 0.255 e. The number of carbonyl (C=O) groups excluding carboxylic acids is 1. The van der Waals surface area contributed by atoms with Crippen LogP contribution in [0.1, 0.15) is 41.4 Å². The van der Waals surface area contributed by atoms with Gasteiger partial charge in [-0.2, -0.15) is 0 Å².